The van der Waals surface area contributed by atoms with Crippen LogP contribution in [0.15, 0.2) is 11.1 Å². The van der Waals surface area contributed by atoms with Crippen molar-refractivity contribution in [2.24, 2.45) is 0 Å². The average Bonchev–Trinajstić information content (AvgIpc) is 2.32. The molecule has 0 saturated carbocycles. The van der Waals surface area contributed by atoms with Gasteiger partial charge in [0.1, 0.15) is 6.54 Å². The third kappa shape index (κ3) is 2.76. The van der Waals surface area contributed by atoms with E-state index in [4.69, 9.17) is 0 Å². The van der Waals surface area contributed by atoms with E-state index in [9.17, 15) is 9.59 Å². The molecule has 0 unspecified atom stereocenters. The number of amides is 1. The maximum absolute atomic E-state index is 12.2. The number of carbonyl (C=O) groups excluding carboxylic acids is 1. The Morgan fingerprint density at radius 3 is 3.11 bits per heavy atom. The molecule has 2 N–H and O–H groups in total. The summed E-state index contributed by atoms with van der Waals surface area (Å²) >= 11 is 0. The topological polar surface area (TPSA) is 76.0 Å². The molecule has 18 heavy (non-hydrogen) atoms. The first kappa shape index (κ1) is 12.8. The molecule has 0 aliphatic carbocycles. The predicted molar refractivity (Wildman–Crippen MR) is 67.2 cm³/mol. The summed E-state index contributed by atoms with van der Waals surface area (Å²) in [5, 5.41) is 5.92. The van der Waals surface area contributed by atoms with Crippen LogP contribution in [0.25, 0.3) is 0 Å². The van der Waals surface area contributed by atoms with E-state index in [0.29, 0.717) is 13.0 Å². The summed E-state index contributed by atoms with van der Waals surface area (Å²) in [5.74, 6) is -0.164. The Bertz CT molecular complexity index is 507. The average molecular weight is 250 g/mol. The van der Waals surface area contributed by atoms with Gasteiger partial charge in [-0.2, -0.15) is 0 Å². The molecule has 1 aromatic heterocycles. The SMILES string of the molecule is CC(C)NC(=O)Cn1cnc2c(c1=O)CCNC2. The maximum Gasteiger partial charge on any atom is 0.257 e. The van der Waals surface area contributed by atoms with Crippen molar-refractivity contribution < 1.29 is 4.79 Å². The molecular weight excluding hydrogens is 232 g/mol. The smallest absolute Gasteiger partial charge is 0.257 e. The monoisotopic (exact) mass is 250 g/mol. The minimum Gasteiger partial charge on any atom is -0.352 e. The van der Waals surface area contributed by atoms with Crippen LogP contribution in [-0.4, -0.2) is 28.0 Å². The summed E-state index contributed by atoms with van der Waals surface area (Å²) in [5.41, 5.74) is 1.43. The molecule has 98 valence electrons. The number of aromatic nitrogens is 2. The van der Waals surface area contributed by atoms with E-state index in [2.05, 4.69) is 15.6 Å². The molecule has 0 spiro atoms. The van der Waals surface area contributed by atoms with Crippen molar-refractivity contribution in [2.45, 2.75) is 39.4 Å². The van der Waals surface area contributed by atoms with Crippen molar-refractivity contribution in [3.05, 3.63) is 27.9 Å². The van der Waals surface area contributed by atoms with E-state index in [1.54, 1.807) is 0 Å². The van der Waals surface area contributed by atoms with E-state index in [0.717, 1.165) is 17.8 Å². The van der Waals surface area contributed by atoms with E-state index >= 15 is 0 Å². The molecule has 2 rings (SSSR count). The minimum absolute atomic E-state index is 0.0325. The summed E-state index contributed by atoms with van der Waals surface area (Å²) in [7, 11) is 0. The maximum atomic E-state index is 12.2. The van der Waals surface area contributed by atoms with Gasteiger partial charge in [-0.05, 0) is 26.8 Å². The standard InChI is InChI=1S/C12H18N4O2/c1-8(2)15-11(17)6-16-7-14-10-5-13-4-3-9(10)12(16)18/h7-8,13H,3-6H2,1-2H3,(H,15,17). The summed E-state index contributed by atoms with van der Waals surface area (Å²) < 4.78 is 1.38. The minimum atomic E-state index is -0.164. The third-order valence-corrected chi connectivity index (χ3v) is 2.83. The summed E-state index contributed by atoms with van der Waals surface area (Å²) in [6.45, 7) is 5.22. The van der Waals surface area contributed by atoms with Crippen molar-refractivity contribution in [1.82, 2.24) is 20.2 Å². The van der Waals surface area contributed by atoms with E-state index in [-0.39, 0.29) is 24.1 Å². The highest BCUT2D eigenvalue weighted by Gasteiger charge is 2.16. The van der Waals surface area contributed by atoms with E-state index in [1.165, 1.54) is 10.9 Å². The number of nitrogens with one attached hydrogen (secondary N) is 2. The summed E-state index contributed by atoms with van der Waals surface area (Å²) in [6.07, 6.45) is 2.13. The van der Waals surface area contributed by atoms with Crippen LogP contribution in [0.2, 0.25) is 0 Å². The highest BCUT2D eigenvalue weighted by molar-refractivity contribution is 5.75. The van der Waals surface area contributed by atoms with E-state index in [1.807, 2.05) is 13.8 Å². The first-order valence-electron chi connectivity index (χ1n) is 6.15. The molecule has 1 aliphatic heterocycles. The van der Waals surface area contributed by atoms with Crippen molar-refractivity contribution in [3.63, 3.8) is 0 Å². The second kappa shape index (κ2) is 5.30. The van der Waals surface area contributed by atoms with Gasteiger partial charge in [0.05, 0.1) is 12.0 Å². The normalized spacial score (nSPS) is 14.4. The zero-order chi connectivity index (χ0) is 13.1. The molecule has 1 amide bonds. The van der Waals surface area contributed by atoms with Crippen LogP contribution in [-0.2, 0) is 24.3 Å². The summed E-state index contributed by atoms with van der Waals surface area (Å²) in [6, 6.07) is 0.0722. The highest BCUT2D eigenvalue weighted by Crippen LogP contribution is 2.05. The lowest BCUT2D eigenvalue weighted by Crippen LogP contribution is -2.39. The van der Waals surface area contributed by atoms with Crippen molar-refractivity contribution in [3.8, 4) is 0 Å². The van der Waals surface area contributed by atoms with Crippen molar-refractivity contribution >= 4 is 5.91 Å². The lowest BCUT2D eigenvalue weighted by atomic mass is 10.1. The van der Waals surface area contributed by atoms with Crippen LogP contribution in [0, 0.1) is 0 Å². The van der Waals surface area contributed by atoms with Gasteiger partial charge < -0.3 is 10.6 Å². The molecule has 0 saturated heterocycles. The third-order valence-electron chi connectivity index (χ3n) is 2.83. The molecule has 0 radical (unpaired) electrons. The Balaban J connectivity index is 2.19. The largest absolute Gasteiger partial charge is 0.352 e. The number of hydrogen-bond acceptors (Lipinski definition) is 4. The number of hydrogen-bond donors (Lipinski definition) is 2. The van der Waals surface area contributed by atoms with Gasteiger partial charge in [-0.3, -0.25) is 14.2 Å². The Labute approximate surface area is 105 Å². The van der Waals surface area contributed by atoms with Gasteiger partial charge in [0.25, 0.3) is 5.56 Å². The van der Waals surface area contributed by atoms with Crippen LogP contribution in [0.4, 0.5) is 0 Å². The zero-order valence-electron chi connectivity index (χ0n) is 10.7. The van der Waals surface area contributed by atoms with Crippen LogP contribution in [0.5, 0.6) is 0 Å². The second-order valence-corrected chi connectivity index (χ2v) is 4.75. The van der Waals surface area contributed by atoms with Gasteiger partial charge in [0.2, 0.25) is 5.91 Å². The van der Waals surface area contributed by atoms with Gasteiger partial charge in [0, 0.05) is 18.2 Å². The quantitative estimate of drug-likeness (QED) is 0.752. The molecular formula is C12H18N4O2. The first-order valence-corrected chi connectivity index (χ1v) is 6.15. The Hall–Kier alpha value is -1.69. The fourth-order valence-corrected chi connectivity index (χ4v) is 2.03. The zero-order valence-corrected chi connectivity index (χ0v) is 10.7. The molecule has 0 aromatic carbocycles. The number of nitrogens with zero attached hydrogens (tertiary/aromatic N) is 2. The molecule has 0 fully saturated rings. The fraction of sp³-hybridized carbons (Fsp3) is 0.583. The van der Waals surface area contributed by atoms with Crippen molar-refractivity contribution in [2.75, 3.05) is 6.54 Å². The predicted octanol–water partition coefficient (Wildman–Crippen LogP) is -0.586. The lowest BCUT2D eigenvalue weighted by Gasteiger charge is -2.17. The number of rotatable bonds is 3. The van der Waals surface area contributed by atoms with Gasteiger partial charge in [0.15, 0.2) is 0 Å². The molecule has 0 bridgehead atoms. The number of carbonyl (C=O) groups is 1. The van der Waals surface area contributed by atoms with Crippen LogP contribution >= 0.6 is 0 Å². The Kier molecular flexibility index (Phi) is 3.76. The van der Waals surface area contributed by atoms with Gasteiger partial charge in [-0.1, -0.05) is 0 Å². The molecule has 6 nitrogen and oxygen atoms in total. The van der Waals surface area contributed by atoms with Crippen LogP contribution < -0.4 is 16.2 Å². The number of fused-ring (bicyclic) bond motifs is 1. The first-order chi connectivity index (χ1) is 8.58. The molecule has 2 heterocycles. The summed E-state index contributed by atoms with van der Waals surface area (Å²) in [4.78, 5) is 28.0. The van der Waals surface area contributed by atoms with Crippen LogP contribution in [0.1, 0.15) is 25.1 Å². The molecule has 6 heteroatoms. The molecule has 1 aliphatic rings. The van der Waals surface area contributed by atoms with Gasteiger partial charge in [-0.25, -0.2) is 4.98 Å². The molecule has 1 aromatic rings. The van der Waals surface area contributed by atoms with Gasteiger partial charge >= 0.3 is 0 Å². The Morgan fingerprint density at radius 1 is 1.61 bits per heavy atom. The van der Waals surface area contributed by atoms with Gasteiger partial charge in [-0.15, -0.1) is 0 Å². The Morgan fingerprint density at radius 2 is 2.39 bits per heavy atom. The fourth-order valence-electron chi connectivity index (χ4n) is 2.03. The van der Waals surface area contributed by atoms with Crippen molar-refractivity contribution in [1.29, 1.82) is 0 Å². The highest BCUT2D eigenvalue weighted by atomic mass is 16.2. The van der Waals surface area contributed by atoms with Crippen LogP contribution in [0.3, 0.4) is 0 Å². The lowest BCUT2D eigenvalue weighted by molar-refractivity contribution is -0.122. The second-order valence-electron chi connectivity index (χ2n) is 4.75. The van der Waals surface area contributed by atoms with E-state index < -0.39 is 0 Å². The molecule has 0 atom stereocenters.